The highest BCUT2D eigenvalue weighted by atomic mass is 36.0. The summed E-state index contributed by atoms with van der Waals surface area (Å²) in [7, 11) is 11.4. The predicted octanol–water partition coefficient (Wildman–Crippen LogP) is 10.6. The van der Waals surface area contributed by atoms with Gasteiger partial charge >= 0.3 is 17.1 Å². The number of amides is 1. The van der Waals surface area contributed by atoms with Crippen LogP contribution in [0.5, 0.6) is 34.6 Å². The van der Waals surface area contributed by atoms with Crippen LogP contribution in [0.3, 0.4) is 0 Å². The van der Waals surface area contributed by atoms with E-state index >= 15 is 0 Å². The first-order valence-corrected chi connectivity index (χ1v) is 46.0. The van der Waals surface area contributed by atoms with E-state index in [2.05, 4.69) is 156 Å². The minimum Gasteiger partial charge on any atom is -0.495 e. The number of nitrogens with zero attached hydrogens (tertiary/aromatic N) is 19. The zero-order valence-corrected chi connectivity index (χ0v) is 79.9. The third-order valence-electron chi connectivity index (χ3n) is 19.1. The van der Waals surface area contributed by atoms with Crippen molar-refractivity contribution in [1.29, 1.82) is 0 Å². The summed E-state index contributed by atoms with van der Waals surface area (Å²) in [6.45, 7) is 11.2. The highest BCUT2D eigenvalue weighted by Crippen LogP contribution is 2.61. The number of ether oxygens (including phenoxy) is 7. The van der Waals surface area contributed by atoms with Crippen LogP contribution in [0.4, 0.5) is 11.9 Å². The molecule has 718 valence electrons. The number of anilines is 2. The molecule has 16 heterocycles. The normalized spacial score (nSPS) is 12.4. The minimum atomic E-state index is -3.22. The number of pyridine rings is 5. The second kappa shape index (κ2) is 53.2. The molecule has 45 nitrogen and oxygen atoms in total. The Kier molecular flexibility index (Phi) is 41.4. The number of carbonyl (C=O) groups is 6. The monoisotopic (exact) mass is 2030 g/mol. The van der Waals surface area contributed by atoms with Crippen molar-refractivity contribution < 1.29 is 76.7 Å². The first-order valence-electron chi connectivity index (χ1n) is 40.1. The molecule has 0 spiro atoms. The van der Waals surface area contributed by atoms with Crippen LogP contribution in [-0.4, -0.2) is 296 Å². The Bertz CT molecular complexity index is 6620. The summed E-state index contributed by atoms with van der Waals surface area (Å²) in [5.41, 5.74) is 5.80. The average Bonchev–Trinajstić information content (AvgIpc) is 1.62. The summed E-state index contributed by atoms with van der Waals surface area (Å²) in [5.74, 6) is -0.363. The van der Waals surface area contributed by atoms with Crippen molar-refractivity contribution in [2.24, 2.45) is 0 Å². The number of esters is 1. The Balaban J connectivity index is 0.000000177. The zero-order valence-electron chi connectivity index (χ0n) is 73.8. The first kappa shape index (κ1) is 106. The molecule has 0 aliphatic carbocycles. The Labute approximate surface area is 807 Å². The number of aliphatic hydroxyl groups excluding tert-OH is 1. The molecule has 3 aliphatic rings. The van der Waals surface area contributed by atoms with Gasteiger partial charge in [0.2, 0.25) is 28.8 Å². The van der Waals surface area contributed by atoms with Gasteiger partial charge in [-0.2, -0.15) is 14.0 Å². The number of carbonyl (C=O) groups excluding carboxylic acids is 5. The van der Waals surface area contributed by atoms with Gasteiger partial charge in [-0.25, -0.2) is 29.5 Å². The van der Waals surface area contributed by atoms with Gasteiger partial charge in [0.1, 0.15) is 39.8 Å². The number of aromatic amines is 6. The van der Waals surface area contributed by atoms with Crippen LogP contribution in [-0.2, 0) is 28.5 Å². The molecule has 19 rings (SSSR count). The van der Waals surface area contributed by atoms with Gasteiger partial charge in [-0.1, -0.05) is 105 Å². The third kappa shape index (κ3) is 28.8. The van der Waals surface area contributed by atoms with Crippen LogP contribution in [0, 0.1) is 0 Å². The fourth-order valence-electron chi connectivity index (χ4n) is 12.8. The molecule has 0 bridgehead atoms. The van der Waals surface area contributed by atoms with Crippen LogP contribution in [0.15, 0.2) is 176 Å². The number of hydrogen-bond donors (Lipinski definition) is 11. The lowest BCUT2D eigenvalue weighted by atomic mass is 10.1. The third-order valence-corrected chi connectivity index (χ3v) is 20.2. The number of halogens is 7. The van der Waals surface area contributed by atoms with Gasteiger partial charge in [0.05, 0.1) is 130 Å². The number of carboxylic acids is 1. The van der Waals surface area contributed by atoms with Gasteiger partial charge in [0, 0.05) is 146 Å². The average molecular weight is 2030 g/mol. The number of rotatable bonds is 16. The molecule has 0 radical (unpaired) electrons. The van der Waals surface area contributed by atoms with E-state index < -0.39 is 40.4 Å². The summed E-state index contributed by atoms with van der Waals surface area (Å²) in [6.07, 6.45) is 15.7. The fourth-order valence-corrected chi connectivity index (χ4v) is 13.5. The molecule has 136 heavy (non-hydrogen) atoms. The lowest BCUT2D eigenvalue weighted by Gasteiger charge is -2.34. The molecule has 16 aromatic rings. The number of para-hydroxylation sites is 3. The molecule has 13 aromatic heterocycles. The number of nitrogens with one attached hydrogen (secondary N) is 9. The van der Waals surface area contributed by atoms with Gasteiger partial charge < -0.3 is 104 Å². The number of ketones is 3. The van der Waals surface area contributed by atoms with Gasteiger partial charge in [-0.05, 0) is 131 Å². The number of hydrogen-bond acceptors (Lipinski definition) is 34. The van der Waals surface area contributed by atoms with Crippen LogP contribution in [0.1, 0.15) is 27.6 Å². The number of Topliss-reactive ketones (excluding diaryl/α,β-unsaturated/α-hetero) is 3. The van der Waals surface area contributed by atoms with E-state index in [1.807, 2.05) is 120 Å². The van der Waals surface area contributed by atoms with Gasteiger partial charge in [0.25, 0.3) is 23.0 Å². The molecule has 0 saturated carbocycles. The number of aliphatic carboxylic acids is 1. The molecule has 3 aromatic carbocycles. The largest absolute Gasteiger partial charge is 0.495 e. The summed E-state index contributed by atoms with van der Waals surface area (Å²) in [6, 6.07) is 34.6. The van der Waals surface area contributed by atoms with E-state index in [-0.39, 0.29) is 38.0 Å². The van der Waals surface area contributed by atoms with Crippen LogP contribution >= 0.6 is 85.3 Å². The number of H-pyrrole nitrogens is 6. The molecule has 3 aliphatic heterocycles. The molecular formula is C83H90Cl7N28O17P. The van der Waals surface area contributed by atoms with Crippen LogP contribution in [0.25, 0.3) is 71.6 Å². The van der Waals surface area contributed by atoms with Crippen LogP contribution < -0.4 is 59.7 Å². The Morgan fingerprint density at radius 2 is 0.801 bits per heavy atom. The second-order valence-electron chi connectivity index (χ2n) is 27.2. The van der Waals surface area contributed by atoms with Crippen molar-refractivity contribution in [1.82, 2.24) is 131 Å². The summed E-state index contributed by atoms with van der Waals surface area (Å²) in [4.78, 5) is 118. The number of fused-ring (bicyclic) bond motifs is 5. The molecule has 0 unspecified atom stereocenters. The maximum Gasteiger partial charge on any atom is 0.377 e. The Morgan fingerprint density at radius 3 is 1.21 bits per heavy atom. The number of benzene rings is 3. The quantitative estimate of drug-likeness (QED) is 0.0141. The second-order valence-corrected chi connectivity index (χ2v) is 35.2. The molecular weight excluding hydrogens is 1940 g/mol. The number of aromatic nitrogens is 22. The minimum absolute atomic E-state index is 0.00588. The van der Waals surface area contributed by atoms with E-state index in [1.165, 1.54) is 55.7 Å². The van der Waals surface area contributed by atoms with Crippen molar-refractivity contribution in [2.75, 3.05) is 145 Å². The number of tetrazole rings is 3. The van der Waals surface area contributed by atoms with Gasteiger partial charge in [-0.3, -0.25) is 28.5 Å². The van der Waals surface area contributed by atoms with E-state index in [0.717, 1.165) is 128 Å². The smallest absolute Gasteiger partial charge is 0.377 e. The first-order chi connectivity index (χ1) is 65.7. The molecule has 11 N–H and O–H groups in total. The number of piperazine rings is 3. The molecule has 3 saturated heterocycles. The summed E-state index contributed by atoms with van der Waals surface area (Å²) < 4.78 is 49.2. The SMILES string of the molecule is C1CNCCN1.CO.COC(=O)C(C)=O.COc1c[nH]c(=O)c2[nH]ccc12.COc1cnc(Cl)c2[nH]cc(C(=O)C(=O)N3CCN(c4nnnn4-c4ccccc4)CC3)c12.COc1cnc(Cl)c2[nH]cc(C(=O)C(=O)O)c12.COc1cnc(Cl)c2[nH]ccc12.COc1cnc(OC)c2[nH]ccc12.Clc1nnnn1-c1ccccc1.O=P(Cl)(Cl)Cl.c1ccc(-n2nnnc2N2CCNCC2)cc1. The molecule has 53 heteroatoms. The maximum atomic E-state index is 13.1. The van der Waals surface area contributed by atoms with Gasteiger partial charge in [-0.15, -0.1) is 0 Å². The van der Waals surface area contributed by atoms with Crippen molar-refractivity contribution in [3.05, 3.63) is 213 Å². The van der Waals surface area contributed by atoms with Crippen LogP contribution in [0.2, 0.25) is 20.7 Å². The van der Waals surface area contributed by atoms with Gasteiger partial charge in [0.15, 0.2) is 15.5 Å². The zero-order chi connectivity index (χ0) is 98.4. The van der Waals surface area contributed by atoms with Crippen molar-refractivity contribution in [2.45, 2.75) is 6.92 Å². The summed E-state index contributed by atoms with van der Waals surface area (Å²) in [5, 5.41) is 61.5. The van der Waals surface area contributed by atoms with E-state index in [4.69, 9.17) is 85.0 Å². The topological polar surface area (TPSA) is 565 Å². The number of methoxy groups -OCH3 is 7. The molecule has 1 amide bonds. The lowest BCUT2D eigenvalue weighted by molar-refractivity contribution is -0.150. The molecule has 3 fully saturated rings. The standard InChI is InChI=1S/C21H19ClN8O3.C11H14N6.C10H7ClN2O4.C9H10N2O2.C8H7ClN2O.C8H8N2O2.C7H5ClN4.C4H10N2.C4H6O3.CH4O.Cl3OP/c1-33-15-12-24-19(22)17-16(15)14(11-23-17)18(31)20(32)28-7-9-29(10-8-28)21-25-26-27-30(21)13-5-3-2-4-6-13;1-2-4-10(5-3-1)17-11(13-14-15-17)16-8-6-12-7-9-16;1-17-5-3-13-9(11)7-6(5)4(2-12-7)8(14)10(15)16;1-12-7-5-11-9(13-2)8-6(7)3-4-10-8;1-12-6-4-11-8(9)7-5(6)2-3-10-7;1-12-6-4-10-8(11)7-5(6)2-3-9-7;8-7-9-10-11-12(7)6-4-2-1-3-5-6;1-2-6-4-3-5-1;1-3(5)4(6)7-2;1-2;1-5(2,3)4/h2-6,11-12,23H,7-10H2,1H3;1-5,12H,6-9H2;2-3,12H,1H3,(H,15,16);3-5,10H,1-2H3;2-4,10H,1H3;2-4,9H,1H3,(H,10,11);1-5H;5-6H,1-4H2;1-2H3;2H,1H3;. The van der Waals surface area contributed by atoms with E-state index in [0.29, 0.717) is 82.0 Å². The molecule has 0 atom stereocenters. The number of aliphatic hydroxyl groups is 1. The van der Waals surface area contributed by atoms with Crippen molar-refractivity contribution in [3.63, 3.8) is 0 Å². The highest BCUT2D eigenvalue weighted by Gasteiger charge is 2.32. The maximum absolute atomic E-state index is 13.1. The highest BCUT2D eigenvalue weighted by molar-refractivity contribution is 8.24. The Morgan fingerprint density at radius 1 is 0.419 bits per heavy atom. The predicted molar refractivity (Wildman–Crippen MR) is 512 cm³/mol. The fraction of sp³-hybridized carbons (Fsp3) is 0.253. The van der Waals surface area contributed by atoms with Crippen molar-refractivity contribution in [3.8, 4) is 51.7 Å². The summed E-state index contributed by atoms with van der Waals surface area (Å²) >= 11 is 37.3. The number of carboxylic acid groups (broad SMARTS) is 1. The van der Waals surface area contributed by atoms with Crippen molar-refractivity contribution >= 4 is 187 Å². The van der Waals surface area contributed by atoms with E-state index in [9.17, 15) is 38.1 Å². The lowest BCUT2D eigenvalue weighted by Crippen LogP contribution is -2.51. The van der Waals surface area contributed by atoms with E-state index in [1.54, 1.807) is 68.8 Å². The Hall–Kier alpha value is -14.0.